The first-order valence-corrected chi connectivity index (χ1v) is 10.5. The van der Waals surface area contributed by atoms with Crippen LogP contribution in [0, 0.1) is 35.0 Å². The van der Waals surface area contributed by atoms with Gasteiger partial charge in [-0.3, -0.25) is 0 Å². The molecule has 26 heavy (non-hydrogen) atoms. The molecule has 0 aromatic carbocycles. The predicted molar refractivity (Wildman–Crippen MR) is 104 cm³/mol. The molecule has 2 fully saturated rings. The first-order chi connectivity index (χ1) is 12.3. The van der Waals surface area contributed by atoms with E-state index in [0.717, 1.165) is 24.8 Å². The summed E-state index contributed by atoms with van der Waals surface area (Å²) in [6.07, 6.45) is 12.0. The van der Waals surface area contributed by atoms with Crippen molar-refractivity contribution in [3.05, 3.63) is 23.8 Å². The molecule has 0 bridgehead atoms. The van der Waals surface area contributed by atoms with Crippen molar-refractivity contribution in [2.75, 3.05) is 7.11 Å². The summed E-state index contributed by atoms with van der Waals surface area (Å²) in [4.78, 5) is 12.0. The van der Waals surface area contributed by atoms with Gasteiger partial charge in [-0.15, -0.1) is 0 Å². The quantitative estimate of drug-likeness (QED) is 0.462. The number of methoxy groups -OCH3 is 1. The largest absolute Gasteiger partial charge is 0.426 e. The fourth-order valence-electron chi connectivity index (χ4n) is 6.02. The van der Waals surface area contributed by atoms with E-state index in [4.69, 9.17) is 9.47 Å². The van der Waals surface area contributed by atoms with Crippen LogP contribution >= 0.6 is 0 Å². The highest BCUT2D eigenvalue weighted by Crippen LogP contribution is 2.63. The lowest BCUT2D eigenvalue weighted by Crippen LogP contribution is -2.47. The van der Waals surface area contributed by atoms with E-state index in [-0.39, 0.29) is 11.4 Å². The Morgan fingerprint density at radius 3 is 2.62 bits per heavy atom. The summed E-state index contributed by atoms with van der Waals surface area (Å²) in [5.74, 6) is 1.96. The van der Waals surface area contributed by atoms with Gasteiger partial charge in [-0.05, 0) is 60.7 Å². The lowest BCUT2D eigenvalue weighted by atomic mass is 9.59. The van der Waals surface area contributed by atoms with Crippen molar-refractivity contribution >= 4 is 5.97 Å². The van der Waals surface area contributed by atoms with Crippen LogP contribution in [0.4, 0.5) is 0 Å². The Morgan fingerprint density at radius 1 is 1.27 bits per heavy atom. The van der Waals surface area contributed by atoms with E-state index in [1.165, 1.54) is 12.8 Å². The molecule has 3 nitrogen and oxygen atoms in total. The van der Waals surface area contributed by atoms with Crippen LogP contribution in [-0.2, 0) is 14.3 Å². The average Bonchev–Trinajstić information content (AvgIpc) is 3.11. The maximum Gasteiger partial charge on any atom is 0.333 e. The Bertz CT molecular complexity index is 605. The third kappa shape index (κ3) is 3.06. The zero-order chi connectivity index (χ0) is 19.1. The molecule has 0 aromatic rings. The van der Waals surface area contributed by atoms with E-state index in [0.29, 0.717) is 29.6 Å². The first kappa shape index (κ1) is 19.7. The lowest BCUT2D eigenvalue weighted by molar-refractivity contribution is -0.208. The van der Waals surface area contributed by atoms with Gasteiger partial charge in [0.2, 0.25) is 5.79 Å². The van der Waals surface area contributed by atoms with E-state index in [1.54, 1.807) is 13.2 Å². The van der Waals surface area contributed by atoms with Crippen LogP contribution in [-0.4, -0.2) is 18.9 Å². The molecular weight excluding hydrogens is 324 g/mol. The summed E-state index contributed by atoms with van der Waals surface area (Å²) in [6, 6.07) is 0. The molecule has 0 N–H and O–H groups in total. The van der Waals surface area contributed by atoms with Crippen molar-refractivity contribution in [3.63, 3.8) is 0 Å². The van der Waals surface area contributed by atoms with Gasteiger partial charge in [0.25, 0.3) is 0 Å². The highest BCUT2D eigenvalue weighted by Gasteiger charge is 2.60. The number of allylic oxidation sites excluding steroid dienone is 2. The second kappa shape index (κ2) is 7.14. The van der Waals surface area contributed by atoms with Crippen LogP contribution in [0.2, 0.25) is 0 Å². The molecule has 3 aliphatic rings. The van der Waals surface area contributed by atoms with E-state index in [1.807, 2.05) is 0 Å². The van der Waals surface area contributed by atoms with Gasteiger partial charge in [0.05, 0.1) is 0 Å². The standard InChI is InChI=1S/C23H36O3/c1-7-17(15(2)3)9-8-16(4)18-10-11-19-20-14-21(24)26-23(20,25-6)13-12-22(18,19)5/h8-9,14-19H,7,10-13H2,1-6H3/b9-8+/t16-,17+,18-,19+,22-,23+/m1/s1. The molecule has 2 saturated carbocycles. The molecule has 0 amide bonds. The number of esters is 1. The van der Waals surface area contributed by atoms with Crippen LogP contribution in [0.25, 0.3) is 0 Å². The summed E-state index contributed by atoms with van der Waals surface area (Å²) < 4.78 is 11.3. The van der Waals surface area contributed by atoms with Gasteiger partial charge >= 0.3 is 5.97 Å². The number of hydrogen-bond acceptors (Lipinski definition) is 3. The zero-order valence-electron chi connectivity index (χ0n) is 17.4. The fourth-order valence-corrected chi connectivity index (χ4v) is 6.02. The number of hydrogen-bond donors (Lipinski definition) is 0. The first-order valence-electron chi connectivity index (χ1n) is 10.5. The van der Waals surface area contributed by atoms with E-state index in [2.05, 4.69) is 46.8 Å². The highest BCUT2D eigenvalue weighted by molar-refractivity contribution is 5.86. The van der Waals surface area contributed by atoms with E-state index >= 15 is 0 Å². The molecule has 0 aromatic heterocycles. The van der Waals surface area contributed by atoms with Gasteiger partial charge in [-0.25, -0.2) is 4.79 Å². The van der Waals surface area contributed by atoms with Crippen LogP contribution < -0.4 is 0 Å². The maximum atomic E-state index is 12.0. The molecule has 6 atom stereocenters. The fraction of sp³-hybridized carbons (Fsp3) is 0.783. The van der Waals surface area contributed by atoms with E-state index < -0.39 is 5.79 Å². The molecule has 3 heteroatoms. The van der Waals surface area contributed by atoms with Gasteiger partial charge < -0.3 is 9.47 Å². The Labute approximate surface area is 159 Å². The Morgan fingerprint density at radius 2 is 2.00 bits per heavy atom. The average molecular weight is 361 g/mol. The van der Waals surface area contributed by atoms with Crippen molar-refractivity contribution < 1.29 is 14.3 Å². The van der Waals surface area contributed by atoms with Crippen molar-refractivity contribution in [3.8, 4) is 0 Å². The van der Waals surface area contributed by atoms with Gasteiger partial charge in [-0.2, -0.15) is 0 Å². The van der Waals surface area contributed by atoms with Gasteiger partial charge in [0.15, 0.2) is 0 Å². The molecular formula is C23H36O3. The molecule has 0 unspecified atom stereocenters. The van der Waals surface area contributed by atoms with Crippen LogP contribution in [0.15, 0.2) is 23.8 Å². The number of fused-ring (bicyclic) bond motifs is 3. The lowest BCUT2D eigenvalue weighted by Gasteiger charge is -2.48. The van der Waals surface area contributed by atoms with E-state index in [9.17, 15) is 4.79 Å². The minimum absolute atomic E-state index is 0.227. The molecule has 1 heterocycles. The molecule has 0 radical (unpaired) electrons. The summed E-state index contributed by atoms with van der Waals surface area (Å²) >= 11 is 0. The number of rotatable bonds is 6. The van der Waals surface area contributed by atoms with Crippen molar-refractivity contribution in [1.29, 1.82) is 0 Å². The monoisotopic (exact) mass is 360 g/mol. The highest BCUT2D eigenvalue weighted by atomic mass is 16.7. The van der Waals surface area contributed by atoms with Crippen LogP contribution in [0.1, 0.15) is 66.7 Å². The van der Waals surface area contributed by atoms with Crippen LogP contribution in [0.3, 0.4) is 0 Å². The smallest absolute Gasteiger partial charge is 0.333 e. The normalized spacial score (nSPS) is 38.9. The topological polar surface area (TPSA) is 35.5 Å². The number of ether oxygens (including phenoxy) is 2. The number of carbonyl (C=O) groups is 1. The summed E-state index contributed by atoms with van der Waals surface area (Å²) in [5.41, 5.74) is 1.33. The Balaban J connectivity index is 1.80. The molecule has 146 valence electrons. The van der Waals surface area contributed by atoms with Gasteiger partial charge in [-0.1, -0.05) is 46.8 Å². The minimum atomic E-state index is -0.778. The second-order valence-electron chi connectivity index (χ2n) is 9.28. The van der Waals surface area contributed by atoms with Gasteiger partial charge in [0.1, 0.15) is 0 Å². The molecule has 0 spiro atoms. The molecule has 0 saturated heterocycles. The third-order valence-corrected chi connectivity index (χ3v) is 7.71. The van der Waals surface area contributed by atoms with Crippen molar-refractivity contribution in [1.82, 2.24) is 0 Å². The Hall–Kier alpha value is -1.09. The Kier molecular flexibility index (Phi) is 5.40. The van der Waals surface area contributed by atoms with Crippen molar-refractivity contribution in [2.45, 2.75) is 72.5 Å². The molecule has 2 aliphatic carbocycles. The maximum absolute atomic E-state index is 12.0. The molecule has 1 aliphatic heterocycles. The summed E-state index contributed by atoms with van der Waals surface area (Å²) in [7, 11) is 1.67. The third-order valence-electron chi connectivity index (χ3n) is 7.71. The minimum Gasteiger partial charge on any atom is -0.426 e. The van der Waals surface area contributed by atoms with Crippen molar-refractivity contribution in [2.24, 2.45) is 35.0 Å². The van der Waals surface area contributed by atoms with Gasteiger partial charge in [0, 0.05) is 25.2 Å². The SMILES string of the molecule is CC[C@@H](/C=C/[C@@H](C)[C@H]1CC[C@H]2C3=CC(=O)O[C@@]3(OC)CC[C@]12C)C(C)C. The number of carbonyl (C=O) groups excluding carboxylic acids is 1. The summed E-state index contributed by atoms with van der Waals surface area (Å²) in [5, 5.41) is 0. The predicted octanol–water partition coefficient (Wildman–Crippen LogP) is 5.51. The molecule has 3 rings (SSSR count). The summed E-state index contributed by atoms with van der Waals surface area (Å²) in [6.45, 7) is 11.7. The zero-order valence-corrected chi connectivity index (χ0v) is 17.4. The van der Waals surface area contributed by atoms with Crippen LogP contribution in [0.5, 0.6) is 0 Å². The second-order valence-corrected chi connectivity index (χ2v) is 9.28.